The fraction of sp³-hybridized carbons (Fsp3) is 0.280. The Kier molecular flexibility index (Phi) is 5.48. The van der Waals surface area contributed by atoms with E-state index in [-0.39, 0.29) is 0 Å². The van der Waals surface area contributed by atoms with Crippen LogP contribution in [0.25, 0.3) is 16.7 Å². The summed E-state index contributed by atoms with van der Waals surface area (Å²) in [6, 6.07) is 21.1. The lowest BCUT2D eigenvalue weighted by Crippen LogP contribution is -2.29. The predicted octanol–water partition coefficient (Wildman–Crippen LogP) is 5.43. The molecule has 2 N–H and O–H groups in total. The first-order chi connectivity index (χ1) is 14.2. The third kappa shape index (κ3) is 3.56. The van der Waals surface area contributed by atoms with Gasteiger partial charge in [-0.1, -0.05) is 62.2 Å². The van der Waals surface area contributed by atoms with Crippen molar-refractivity contribution < 1.29 is 4.40 Å². The van der Waals surface area contributed by atoms with Gasteiger partial charge in [0.05, 0.1) is 6.54 Å². The van der Waals surface area contributed by atoms with Gasteiger partial charge in [0.1, 0.15) is 22.7 Å². The molecule has 146 valence electrons. The highest BCUT2D eigenvalue weighted by atomic mass is 15.1. The van der Waals surface area contributed by atoms with Crippen molar-refractivity contribution in [1.82, 2.24) is 4.98 Å². The summed E-state index contributed by atoms with van der Waals surface area (Å²) in [5, 5.41) is 13.6. The van der Waals surface area contributed by atoms with Gasteiger partial charge in [0.25, 0.3) is 0 Å². The van der Waals surface area contributed by atoms with Crippen LogP contribution >= 0.6 is 0 Å². The first-order valence-corrected chi connectivity index (χ1v) is 10.4. The number of nitrogens with one attached hydrogen (secondary N) is 2. The van der Waals surface area contributed by atoms with Gasteiger partial charge in [-0.25, -0.2) is 0 Å². The third-order valence-corrected chi connectivity index (χ3v) is 5.64. The summed E-state index contributed by atoms with van der Waals surface area (Å²) >= 11 is 0. The van der Waals surface area contributed by atoms with Crippen LogP contribution in [-0.4, -0.2) is 4.98 Å². The van der Waals surface area contributed by atoms with E-state index in [0.717, 1.165) is 53.0 Å². The van der Waals surface area contributed by atoms with Gasteiger partial charge < -0.3 is 5.32 Å². The number of unbranched alkanes of at least 4 members (excludes halogenated alkanes) is 2. The average Bonchev–Trinajstić information content (AvgIpc) is 3.13. The van der Waals surface area contributed by atoms with Gasteiger partial charge in [0.15, 0.2) is 0 Å². The monoisotopic (exact) mass is 383 g/mol. The molecule has 0 bridgehead atoms. The van der Waals surface area contributed by atoms with Crippen LogP contribution in [0.15, 0.2) is 54.6 Å². The van der Waals surface area contributed by atoms with Crippen molar-refractivity contribution in [3.63, 3.8) is 0 Å². The molecule has 0 saturated heterocycles. The highest BCUT2D eigenvalue weighted by Gasteiger charge is 2.25. The molecule has 0 aliphatic rings. The van der Waals surface area contributed by atoms with Gasteiger partial charge in [-0.05, 0) is 43.0 Å². The minimum atomic E-state index is 0.734. The number of para-hydroxylation sites is 2. The average molecular weight is 384 g/mol. The quantitative estimate of drug-likeness (QED) is 0.330. The number of hydrogen-bond donors (Lipinski definition) is 2. The molecule has 0 unspecified atom stereocenters. The summed E-state index contributed by atoms with van der Waals surface area (Å²) in [5.41, 5.74) is 7.28. The highest BCUT2D eigenvalue weighted by Crippen LogP contribution is 2.27. The molecule has 4 nitrogen and oxygen atoms in total. The zero-order chi connectivity index (χ0) is 20.2. The van der Waals surface area contributed by atoms with Gasteiger partial charge in [-0.2, -0.15) is 9.66 Å². The van der Waals surface area contributed by atoms with Gasteiger partial charge in [-0.3, -0.25) is 4.98 Å². The van der Waals surface area contributed by atoms with Crippen molar-refractivity contribution in [2.45, 2.75) is 46.1 Å². The van der Waals surface area contributed by atoms with E-state index >= 15 is 0 Å². The van der Waals surface area contributed by atoms with Crippen LogP contribution in [0.5, 0.6) is 0 Å². The molecule has 0 spiro atoms. The minimum Gasteiger partial charge on any atom is -0.301 e. The maximum atomic E-state index is 9.93. The smallest absolute Gasteiger partial charge is 0.250 e. The number of fused-ring (bicyclic) bond motifs is 3. The van der Waals surface area contributed by atoms with E-state index in [0.29, 0.717) is 0 Å². The van der Waals surface area contributed by atoms with Gasteiger partial charge in [0.2, 0.25) is 11.5 Å². The molecule has 29 heavy (non-hydrogen) atoms. The summed E-state index contributed by atoms with van der Waals surface area (Å²) in [7, 11) is 0. The Morgan fingerprint density at radius 2 is 1.79 bits per heavy atom. The molecule has 4 rings (SSSR count). The van der Waals surface area contributed by atoms with Crippen molar-refractivity contribution in [1.29, 1.82) is 5.26 Å². The van der Waals surface area contributed by atoms with Crippen molar-refractivity contribution in [3.8, 4) is 6.07 Å². The number of nitrogens with zero attached hydrogens (tertiary/aromatic N) is 2. The SMILES string of the molecule is CCCCCc1c(C)c(C#N)c2[nH]c3ccccc3[n+]2c1NCc1ccccc1. The van der Waals surface area contributed by atoms with Crippen molar-refractivity contribution in [2.75, 3.05) is 5.32 Å². The van der Waals surface area contributed by atoms with E-state index in [1.54, 1.807) is 0 Å². The second kappa shape index (κ2) is 8.36. The van der Waals surface area contributed by atoms with Crippen molar-refractivity contribution in [3.05, 3.63) is 76.9 Å². The molecule has 0 saturated carbocycles. The molecule has 0 amide bonds. The van der Waals surface area contributed by atoms with Gasteiger partial charge in [0, 0.05) is 5.56 Å². The minimum absolute atomic E-state index is 0.734. The Hall–Kier alpha value is -3.32. The Morgan fingerprint density at radius 3 is 2.55 bits per heavy atom. The van der Waals surface area contributed by atoms with E-state index in [1.165, 1.54) is 24.0 Å². The molecule has 0 atom stereocenters. The molecule has 4 aromatic rings. The summed E-state index contributed by atoms with van der Waals surface area (Å²) < 4.78 is 2.20. The van der Waals surface area contributed by atoms with Crippen LogP contribution in [0.1, 0.15) is 48.4 Å². The van der Waals surface area contributed by atoms with Crippen molar-refractivity contribution in [2.24, 2.45) is 0 Å². The maximum absolute atomic E-state index is 9.93. The Bertz CT molecular complexity index is 1180. The summed E-state index contributed by atoms with van der Waals surface area (Å²) in [6.07, 6.45) is 4.46. The maximum Gasteiger partial charge on any atom is 0.250 e. The summed E-state index contributed by atoms with van der Waals surface area (Å²) in [6.45, 7) is 5.05. The van der Waals surface area contributed by atoms with E-state index in [1.807, 2.05) is 18.2 Å². The molecule has 0 aliphatic heterocycles. The first kappa shape index (κ1) is 19.0. The van der Waals surface area contributed by atoms with Crippen LogP contribution in [0.3, 0.4) is 0 Å². The number of imidazole rings is 1. The number of hydrogen-bond acceptors (Lipinski definition) is 2. The number of aromatic amines is 1. The van der Waals surface area contributed by atoms with E-state index in [2.05, 4.69) is 71.0 Å². The highest BCUT2D eigenvalue weighted by molar-refractivity contribution is 5.78. The number of H-pyrrole nitrogens is 1. The lowest BCUT2D eigenvalue weighted by atomic mass is 9.99. The lowest BCUT2D eigenvalue weighted by molar-refractivity contribution is -0.465. The first-order valence-electron chi connectivity index (χ1n) is 10.4. The second-order valence-electron chi connectivity index (χ2n) is 7.56. The normalized spacial score (nSPS) is 11.1. The Morgan fingerprint density at radius 1 is 1.03 bits per heavy atom. The molecule has 2 aromatic carbocycles. The largest absolute Gasteiger partial charge is 0.301 e. The van der Waals surface area contributed by atoms with E-state index in [9.17, 15) is 5.26 Å². The molecular formula is C25H27N4+. The zero-order valence-corrected chi connectivity index (χ0v) is 17.1. The number of nitriles is 1. The zero-order valence-electron chi connectivity index (χ0n) is 17.1. The van der Waals surface area contributed by atoms with Crippen LogP contribution in [0, 0.1) is 18.3 Å². The molecule has 2 aromatic heterocycles. The molecule has 2 heterocycles. The third-order valence-electron chi connectivity index (χ3n) is 5.64. The molecule has 0 radical (unpaired) electrons. The second-order valence-corrected chi connectivity index (χ2v) is 7.56. The summed E-state index contributed by atoms with van der Waals surface area (Å²) in [5.74, 6) is 1.09. The topological polar surface area (TPSA) is 55.7 Å². The fourth-order valence-corrected chi connectivity index (χ4v) is 4.09. The van der Waals surface area contributed by atoms with Crippen LogP contribution in [0.2, 0.25) is 0 Å². The number of benzene rings is 2. The lowest BCUT2D eigenvalue weighted by Gasteiger charge is -2.14. The Labute approximate surface area is 171 Å². The number of aromatic nitrogens is 2. The van der Waals surface area contributed by atoms with Crippen LogP contribution < -0.4 is 9.72 Å². The van der Waals surface area contributed by atoms with Gasteiger partial charge >= 0.3 is 0 Å². The summed E-state index contributed by atoms with van der Waals surface area (Å²) in [4.78, 5) is 3.47. The van der Waals surface area contributed by atoms with E-state index in [4.69, 9.17) is 0 Å². The molecule has 4 heteroatoms. The van der Waals surface area contributed by atoms with Crippen LogP contribution in [-0.2, 0) is 13.0 Å². The number of anilines is 1. The molecule has 0 fully saturated rings. The van der Waals surface area contributed by atoms with E-state index < -0.39 is 0 Å². The fourth-order valence-electron chi connectivity index (χ4n) is 4.09. The van der Waals surface area contributed by atoms with Crippen molar-refractivity contribution >= 4 is 22.5 Å². The molecule has 0 aliphatic carbocycles. The Balaban J connectivity index is 1.92. The van der Waals surface area contributed by atoms with Crippen LogP contribution in [0.4, 0.5) is 5.82 Å². The van der Waals surface area contributed by atoms with Gasteiger partial charge in [-0.15, -0.1) is 0 Å². The molecular weight excluding hydrogens is 356 g/mol. The number of pyridine rings is 1. The number of rotatable bonds is 7. The standard InChI is InChI=1S/C25H26N4/c1-3-4-6-13-20-18(2)21(16-26)25-28-22-14-9-10-15-23(22)29(25)24(20)27-17-19-11-7-5-8-12-19/h5,7-12,14-15H,3-4,6,13,17H2,1-2H3,(H,27,28)/p+1. The predicted molar refractivity (Wildman–Crippen MR) is 118 cm³/mol.